The molecule has 0 aliphatic rings. The Balaban J connectivity index is 3.93. The van der Waals surface area contributed by atoms with E-state index < -0.39 is 0 Å². The van der Waals surface area contributed by atoms with Crippen LogP contribution in [0.2, 0.25) is 0 Å². The molecule has 0 spiro atoms. The fourth-order valence-electron chi connectivity index (χ4n) is 2.27. The monoisotopic (exact) mass is 241 g/mol. The minimum atomic E-state index is 0.253. The van der Waals surface area contributed by atoms with E-state index in [-0.39, 0.29) is 5.54 Å². The van der Waals surface area contributed by atoms with Gasteiger partial charge in [0, 0.05) is 11.6 Å². The fraction of sp³-hybridized carbons (Fsp3) is 1.00. The third-order valence-electron chi connectivity index (χ3n) is 3.62. The molecule has 0 aromatic rings. The highest BCUT2D eigenvalue weighted by Crippen LogP contribution is 2.19. The van der Waals surface area contributed by atoms with Gasteiger partial charge >= 0.3 is 0 Å². The van der Waals surface area contributed by atoms with Crippen molar-refractivity contribution in [2.75, 3.05) is 0 Å². The van der Waals surface area contributed by atoms with Crippen molar-refractivity contribution in [3.63, 3.8) is 0 Å². The number of nitrogens with one attached hydrogen (secondary N) is 1. The zero-order chi connectivity index (χ0) is 13.5. The highest BCUT2D eigenvalue weighted by atomic mass is 15.0. The van der Waals surface area contributed by atoms with Gasteiger partial charge in [-0.05, 0) is 45.4 Å². The summed E-state index contributed by atoms with van der Waals surface area (Å²) < 4.78 is 0. The van der Waals surface area contributed by atoms with Crippen LogP contribution >= 0.6 is 0 Å². The molecule has 2 unspecified atom stereocenters. The third-order valence-corrected chi connectivity index (χ3v) is 3.62. The molecule has 1 heteroatoms. The first kappa shape index (κ1) is 17.0. The third kappa shape index (κ3) is 9.64. The lowest BCUT2D eigenvalue weighted by Gasteiger charge is -2.29. The Kier molecular flexibility index (Phi) is 8.11. The summed E-state index contributed by atoms with van der Waals surface area (Å²) in [6.07, 6.45) is 6.68. The van der Waals surface area contributed by atoms with E-state index >= 15 is 0 Å². The molecule has 0 radical (unpaired) electrons. The Morgan fingerprint density at radius 3 is 1.94 bits per heavy atom. The zero-order valence-corrected chi connectivity index (χ0v) is 13.3. The molecular formula is C16H35N. The summed E-state index contributed by atoms with van der Waals surface area (Å²) in [6.45, 7) is 16.2. The molecule has 0 aliphatic carbocycles. The van der Waals surface area contributed by atoms with Crippen LogP contribution in [0, 0.1) is 11.8 Å². The molecule has 17 heavy (non-hydrogen) atoms. The van der Waals surface area contributed by atoms with Crippen molar-refractivity contribution in [2.24, 2.45) is 11.8 Å². The van der Waals surface area contributed by atoms with Gasteiger partial charge in [0.2, 0.25) is 0 Å². The highest BCUT2D eigenvalue weighted by molar-refractivity contribution is 4.78. The van der Waals surface area contributed by atoms with Crippen LogP contribution in [0.25, 0.3) is 0 Å². The van der Waals surface area contributed by atoms with Crippen molar-refractivity contribution in [3.05, 3.63) is 0 Å². The van der Waals surface area contributed by atoms with E-state index in [1.807, 2.05) is 0 Å². The molecule has 0 aromatic carbocycles. The molecule has 2 atom stereocenters. The maximum absolute atomic E-state index is 3.76. The van der Waals surface area contributed by atoms with Gasteiger partial charge in [-0.25, -0.2) is 0 Å². The topological polar surface area (TPSA) is 12.0 Å². The number of hydrogen-bond donors (Lipinski definition) is 1. The average molecular weight is 241 g/mol. The maximum Gasteiger partial charge on any atom is 0.00990 e. The predicted octanol–water partition coefficient (Wildman–Crippen LogP) is 5.01. The van der Waals surface area contributed by atoms with Crippen molar-refractivity contribution < 1.29 is 0 Å². The quantitative estimate of drug-likeness (QED) is 0.630. The Bertz CT molecular complexity index is 178. The van der Waals surface area contributed by atoms with Gasteiger partial charge in [0.05, 0.1) is 0 Å². The molecule has 0 rings (SSSR count). The summed E-state index contributed by atoms with van der Waals surface area (Å²) in [5.41, 5.74) is 0.253. The lowest BCUT2D eigenvalue weighted by molar-refractivity contribution is 0.307. The van der Waals surface area contributed by atoms with E-state index in [0.29, 0.717) is 6.04 Å². The molecule has 1 N–H and O–H groups in total. The van der Waals surface area contributed by atoms with Crippen molar-refractivity contribution in [1.29, 1.82) is 0 Å². The van der Waals surface area contributed by atoms with Gasteiger partial charge < -0.3 is 5.32 Å². The summed E-state index contributed by atoms with van der Waals surface area (Å²) in [7, 11) is 0. The van der Waals surface area contributed by atoms with Crippen molar-refractivity contribution in [2.45, 2.75) is 92.2 Å². The van der Waals surface area contributed by atoms with Crippen LogP contribution in [0.5, 0.6) is 0 Å². The Morgan fingerprint density at radius 1 is 0.941 bits per heavy atom. The molecule has 0 bridgehead atoms. The van der Waals surface area contributed by atoms with Crippen LogP contribution in [0.1, 0.15) is 80.6 Å². The normalized spacial score (nSPS) is 16.2. The van der Waals surface area contributed by atoms with Crippen LogP contribution in [0.15, 0.2) is 0 Å². The minimum absolute atomic E-state index is 0.253. The van der Waals surface area contributed by atoms with Crippen molar-refractivity contribution in [3.8, 4) is 0 Å². The molecule has 0 fully saturated rings. The Morgan fingerprint density at radius 2 is 1.53 bits per heavy atom. The summed E-state index contributed by atoms with van der Waals surface area (Å²) in [5.74, 6) is 1.70. The summed E-state index contributed by atoms with van der Waals surface area (Å²) in [4.78, 5) is 0. The lowest BCUT2D eigenvalue weighted by atomic mass is 9.91. The summed E-state index contributed by atoms with van der Waals surface area (Å²) in [5, 5.41) is 3.76. The molecule has 0 aliphatic heterocycles. The van der Waals surface area contributed by atoms with E-state index in [1.165, 1.54) is 32.1 Å². The first-order valence-corrected chi connectivity index (χ1v) is 7.54. The van der Waals surface area contributed by atoms with Crippen LogP contribution in [0.3, 0.4) is 0 Å². The molecule has 0 heterocycles. The second-order valence-corrected chi connectivity index (χ2v) is 7.03. The number of rotatable bonds is 8. The largest absolute Gasteiger partial charge is 0.309 e. The van der Waals surface area contributed by atoms with Gasteiger partial charge in [-0.1, -0.05) is 47.0 Å². The minimum Gasteiger partial charge on any atom is -0.309 e. The van der Waals surface area contributed by atoms with E-state index in [9.17, 15) is 0 Å². The fourth-order valence-corrected chi connectivity index (χ4v) is 2.27. The Hall–Kier alpha value is -0.0400. The van der Waals surface area contributed by atoms with Crippen molar-refractivity contribution >= 4 is 0 Å². The van der Waals surface area contributed by atoms with Gasteiger partial charge in [-0.2, -0.15) is 0 Å². The van der Waals surface area contributed by atoms with E-state index in [2.05, 4.69) is 53.8 Å². The molecular weight excluding hydrogens is 206 g/mol. The summed E-state index contributed by atoms with van der Waals surface area (Å²) in [6, 6.07) is 0.708. The van der Waals surface area contributed by atoms with Gasteiger partial charge in [-0.3, -0.25) is 0 Å². The second-order valence-electron chi connectivity index (χ2n) is 7.03. The van der Waals surface area contributed by atoms with Crippen LogP contribution in [0.4, 0.5) is 0 Å². The first-order chi connectivity index (χ1) is 7.76. The first-order valence-electron chi connectivity index (χ1n) is 7.54. The lowest BCUT2D eigenvalue weighted by Crippen LogP contribution is -2.43. The molecule has 104 valence electrons. The van der Waals surface area contributed by atoms with Crippen molar-refractivity contribution in [1.82, 2.24) is 5.32 Å². The van der Waals surface area contributed by atoms with Crippen LogP contribution in [-0.2, 0) is 0 Å². The van der Waals surface area contributed by atoms with E-state index in [4.69, 9.17) is 0 Å². The van der Waals surface area contributed by atoms with Gasteiger partial charge in [0.1, 0.15) is 0 Å². The number of hydrogen-bond acceptors (Lipinski definition) is 1. The average Bonchev–Trinajstić information content (AvgIpc) is 2.15. The smallest absolute Gasteiger partial charge is 0.00990 e. The maximum atomic E-state index is 3.76. The van der Waals surface area contributed by atoms with E-state index in [1.54, 1.807) is 0 Å². The molecule has 0 aromatic heterocycles. The predicted molar refractivity (Wildman–Crippen MR) is 79.4 cm³/mol. The standard InChI is InChI=1S/C16H35N/c1-8-10-15(17-16(5,6)7)12-9-11-14(4)13(2)3/h13-15,17H,8-12H2,1-7H3. The van der Waals surface area contributed by atoms with Gasteiger partial charge in [0.25, 0.3) is 0 Å². The molecule has 0 saturated carbocycles. The van der Waals surface area contributed by atoms with Crippen LogP contribution in [-0.4, -0.2) is 11.6 Å². The van der Waals surface area contributed by atoms with E-state index in [0.717, 1.165) is 11.8 Å². The van der Waals surface area contributed by atoms with Gasteiger partial charge in [-0.15, -0.1) is 0 Å². The second kappa shape index (κ2) is 8.13. The molecule has 0 saturated heterocycles. The van der Waals surface area contributed by atoms with Crippen LogP contribution < -0.4 is 5.32 Å². The SMILES string of the molecule is CCCC(CCCC(C)C(C)C)NC(C)(C)C. The van der Waals surface area contributed by atoms with Gasteiger partial charge in [0.15, 0.2) is 0 Å². The zero-order valence-electron chi connectivity index (χ0n) is 13.3. The molecule has 1 nitrogen and oxygen atoms in total. The Labute approximate surface area is 110 Å². The highest BCUT2D eigenvalue weighted by Gasteiger charge is 2.16. The molecule has 0 amide bonds. The summed E-state index contributed by atoms with van der Waals surface area (Å²) >= 11 is 0.